The number of alkyl halides is 3. The van der Waals surface area contributed by atoms with Crippen LogP contribution in [-0.2, 0) is 6.42 Å². The number of aryl methyl sites for hydroxylation is 1. The molecule has 0 aliphatic carbocycles. The van der Waals surface area contributed by atoms with Crippen LogP contribution in [0.25, 0.3) is 10.9 Å². The molecule has 39 heavy (non-hydrogen) atoms. The fraction of sp³-hybridized carbons (Fsp3) is 0.533. The van der Waals surface area contributed by atoms with E-state index in [2.05, 4.69) is 21.4 Å². The second-order valence-electron chi connectivity index (χ2n) is 10.7. The molecular weight excluding hydrogens is 507 g/mol. The molecule has 1 atom stereocenters. The molecule has 212 valence electrons. The summed E-state index contributed by atoms with van der Waals surface area (Å²) in [5.74, 6) is 0.828. The highest BCUT2D eigenvalue weighted by atomic mass is 19.4. The lowest BCUT2D eigenvalue weighted by Crippen LogP contribution is -2.37. The molecule has 3 heterocycles. The minimum absolute atomic E-state index is 0.0174. The average molecular weight is 546 g/mol. The number of halogens is 3. The van der Waals surface area contributed by atoms with Crippen molar-refractivity contribution in [3.05, 3.63) is 63.2 Å². The molecule has 1 aliphatic rings. The third-order valence-electron chi connectivity index (χ3n) is 8.14. The maximum absolute atomic E-state index is 13.6. The largest absolute Gasteiger partial charge is 0.496 e. The number of Topliss-reactive ketones (excluding diaryl/α,β-unsaturated/α-hetero) is 1. The number of H-pyrrole nitrogens is 1. The Bertz CT molecular complexity index is 1370. The molecule has 9 heteroatoms. The molecule has 1 aliphatic heterocycles. The van der Waals surface area contributed by atoms with Crippen LogP contribution in [0.15, 0.2) is 35.1 Å². The Morgan fingerprint density at radius 1 is 1.18 bits per heavy atom. The van der Waals surface area contributed by atoms with Gasteiger partial charge in [-0.3, -0.25) is 9.59 Å². The minimum atomic E-state index is -4.10. The lowest BCUT2D eigenvalue weighted by atomic mass is 9.89. The zero-order chi connectivity index (χ0) is 28.3. The topological polar surface area (TPSA) is 67.3 Å². The van der Waals surface area contributed by atoms with Gasteiger partial charge in [0.15, 0.2) is 5.78 Å². The molecule has 0 spiro atoms. The Morgan fingerprint density at radius 2 is 1.87 bits per heavy atom. The Balaban J connectivity index is 1.50. The van der Waals surface area contributed by atoms with Crippen molar-refractivity contribution in [1.29, 1.82) is 0 Å². The molecule has 2 aromatic heterocycles. The zero-order valence-electron chi connectivity index (χ0n) is 23.2. The third kappa shape index (κ3) is 6.57. The van der Waals surface area contributed by atoms with E-state index in [-0.39, 0.29) is 36.6 Å². The van der Waals surface area contributed by atoms with Gasteiger partial charge >= 0.3 is 6.18 Å². The second-order valence-corrected chi connectivity index (χ2v) is 10.7. The number of hydrogen-bond donors (Lipinski definition) is 1. The van der Waals surface area contributed by atoms with Gasteiger partial charge in [-0.2, -0.15) is 13.2 Å². The van der Waals surface area contributed by atoms with E-state index in [1.165, 1.54) is 7.11 Å². The van der Waals surface area contributed by atoms with E-state index in [9.17, 15) is 22.8 Å². The van der Waals surface area contributed by atoms with Crippen molar-refractivity contribution in [2.45, 2.75) is 71.5 Å². The van der Waals surface area contributed by atoms with Gasteiger partial charge in [-0.25, -0.2) is 0 Å². The summed E-state index contributed by atoms with van der Waals surface area (Å²) in [6, 6.07) is 9.81. The molecule has 1 fully saturated rings. The molecule has 0 saturated carbocycles. The zero-order valence-corrected chi connectivity index (χ0v) is 23.2. The quantitative estimate of drug-likeness (QED) is 0.300. The summed E-state index contributed by atoms with van der Waals surface area (Å²) < 4.78 is 45.2. The summed E-state index contributed by atoms with van der Waals surface area (Å²) >= 11 is 0. The van der Waals surface area contributed by atoms with Crippen LogP contribution in [0.3, 0.4) is 0 Å². The molecular formula is C30H38F3N3O3. The van der Waals surface area contributed by atoms with Crippen LogP contribution in [0.5, 0.6) is 5.75 Å². The van der Waals surface area contributed by atoms with Gasteiger partial charge < -0.3 is 19.2 Å². The number of hydrogen-bond acceptors (Lipinski definition) is 4. The molecule has 0 unspecified atom stereocenters. The van der Waals surface area contributed by atoms with Crippen LogP contribution in [0.1, 0.15) is 72.4 Å². The Labute approximate surface area is 227 Å². The summed E-state index contributed by atoms with van der Waals surface area (Å²) in [5, 5.41) is 0.904. The highest BCUT2D eigenvalue weighted by molar-refractivity contribution is 6.09. The molecule has 1 N–H and O–H groups in total. The number of aromatic nitrogens is 2. The number of aromatic amines is 1. The highest BCUT2D eigenvalue weighted by Crippen LogP contribution is 2.36. The van der Waals surface area contributed by atoms with Gasteiger partial charge in [-0.1, -0.05) is 18.2 Å². The molecule has 1 saturated heterocycles. The average Bonchev–Trinajstić information content (AvgIpc) is 3.18. The number of rotatable bonds is 10. The van der Waals surface area contributed by atoms with Crippen LogP contribution >= 0.6 is 0 Å². The maximum Gasteiger partial charge on any atom is 0.389 e. The highest BCUT2D eigenvalue weighted by Gasteiger charge is 2.30. The first-order chi connectivity index (χ1) is 18.5. The molecule has 0 radical (unpaired) electrons. The molecule has 1 aromatic carbocycles. The summed E-state index contributed by atoms with van der Waals surface area (Å²) in [4.78, 5) is 31.1. The van der Waals surface area contributed by atoms with E-state index >= 15 is 0 Å². The van der Waals surface area contributed by atoms with Gasteiger partial charge in [0.1, 0.15) is 5.75 Å². The van der Waals surface area contributed by atoms with Crippen molar-refractivity contribution >= 4 is 16.7 Å². The first-order valence-electron chi connectivity index (χ1n) is 13.7. The predicted molar refractivity (Wildman–Crippen MR) is 147 cm³/mol. The Morgan fingerprint density at radius 3 is 2.54 bits per heavy atom. The number of nitrogens with zero attached hydrogens (tertiary/aromatic N) is 2. The summed E-state index contributed by atoms with van der Waals surface area (Å²) in [6.45, 7) is 7.98. The predicted octanol–water partition coefficient (Wildman–Crippen LogP) is 6.39. The van der Waals surface area contributed by atoms with E-state index in [1.807, 2.05) is 31.2 Å². The van der Waals surface area contributed by atoms with E-state index in [4.69, 9.17) is 4.74 Å². The van der Waals surface area contributed by atoms with Gasteiger partial charge in [-0.15, -0.1) is 0 Å². The number of nitrogens with one attached hydrogen (secondary N) is 1. The summed E-state index contributed by atoms with van der Waals surface area (Å²) in [5.41, 5.74) is 3.53. The molecule has 3 aromatic rings. The monoisotopic (exact) mass is 545 g/mol. The van der Waals surface area contributed by atoms with Crippen LogP contribution in [0.4, 0.5) is 13.2 Å². The maximum atomic E-state index is 13.6. The number of pyridine rings is 1. The lowest BCUT2D eigenvalue weighted by molar-refractivity contribution is -0.136. The third-order valence-corrected chi connectivity index (χ3v) is 8.14. The fourth-order valence-electron chi connectivity index (χ4n) is 6.11. The number of carbonyl (C=O) groups excluding carboxylic acids is 1. The number of likely N-dealkylation sites (tertiary alicyclic amines) is 1. The van der Waals surface area contributed by atoms with Crippen molar-refractivity contribution in [2.75, 3.05) is 26.7 Å². The summed E-state index contributed by atoms with van der Waals surface area (Å²) in [7, 11) is 1.52. The van der Waals surface area contributed by atoms with Crippen LogP contribution in [0, 0.1) is 19.8 Å². The SMILES string of the molecule is COc1cc(C)[nH]c(=O)c1CCC(=O)c1c(C)n([C@H](C)C2CCN(CCCC(F)(F)F)CC2)c2ccccc12. The van der Waals surface area contributed by atoms with Crippen molar-refractivity contribution in [3.63, 3.8) is 0 Å². The normalized spacial score (nSPS) is 16.1. The number of benzene rings is 1. The standard InChI is InChI=1S/C30H38F3N3O3/c1-19-18-27(39-4)24(29(38)34-19)10-11-26(37)28-21(3)36(25-9-6-5-8-23(25)28)20(2)22-12-16-35(17-13-22)15-7-14-30(31,32)33/h5-6,8-9,18,20,22H,7,10-17H2,1-4H3,(H,34,38)/t20-/m1/s1. The van der Waals surface area contributed by atoms with Crippen molar-refractivity contribution in [3.8, 4) is 5.75 Å². The first-order valence-corrected chi connectivity index (χ1v) is 13.7. The molecule has 0 bridgehead atoms. The Hall–Kier alpha value is -3.07. The number of ketones is 1. The van der Waals surface area contributed by atoms with Gasteiger partial charge in [0.2, 0.25) is 0 Å². The van der Waals surface area contributed by atoms with E-state index < -0.39 is 12.6 Å². The van der Waals surface area contributed by atoms with E-state index in [0.29, 0.717) is 35.0 Å². The van der Waals surface area contributed by atoms with Crippen LogP contribution in [-0.4, -0.2) is 53.2 Å². The van der Waals surface area contributed by atoms with Crippen molar-refractivity contribution in [2.24, 2.45) is 5.92 Å². The van der Waals surface area contributed by atoms with Gasteiger partial charge in [0.05, 0.1) is 12.7 Å². The number of carbonyl (C=O) groups is 1. The number of methoxy groups -OCH3 is 1. The Kier molecular flexibility index (Phi) is 8.89. The van der Waals surface area contributed by atoms with E-state index in [0.717, 1.165) is 42.5 Å². The van der Waals surface area contributed by atoms with Crippen molar-refractivity contribution < 1.29 is 22.7 Å². The minimum Gasteiger partial charge on any atom is -0.496 e. The second kappa shape index (κ2) is 12.0. The van der Waals surface area contributed by atoms with Crippen molar-refractivity contribution in [1.82, 2.24) is 14.5 Å². The number of ether oxygens (including phenoxy) is 1. The molecule has 4 rings (SSSR count). The van der Waals surface area contributed by atoms with Gasteiger partial charge in [0, 0.05) is 46.7 Å². The lowest BCUT2D eigenvalue weighted by Gasteiger charge is -2.36. The number of piperidine rings is 1. The van der Waals surface area contributed by atoms with Gasteiger partial charge in [-0.05, 0) is 84.1 Å². The summed E-state index contributed by atoms with van der Waals surface area (Å²) in [6.07, 6.45) is -2.44. The fourth-order valence-corrected chi connectivity index (χ4v) is 6.11. The first kappa shape index (κ1) is 28.9. The van der Waals surface area contributed by atoms with Crippen LogP contribution < -0.4 is 10.3 Å². The molecule has 0 amide bonds. The number of fused-ring (bicyclic) bond motifs is 1. The number of para-hydroxylation sites is 1. The van der Waals surface area contributed by atoms with E-state index in [1.54, 1.807) is 13.0 Å². The smallest absolute Gasteiger partial charge is 0.389 e. The van der Waals surface area contributed by atoms with Crippen LogP contribution in [0.2, 0.25) is 0 Å². The van der Waals surface area contributed by atoms with Gasteiger partial charge in [0.25, 0.3) is 5.56 Å². The molecule has 6 nitrogen and oxygen atoms in total.